The zero-order chi connectivity index (χ0) is 24.6. The Morgan fingerprint density at radius 3 is 2.06 bits per heavy atom. The van der Waals surface area contributed by atoms with Crippen LogP contribution < -0.4 is 0 Å². The van der Waals surface area contributed by atoms with Gasteiger partial charge in [-0.15, -0.1) is 10.7 Å². The van der Waals surface area contributed by atoms with Crippen LogP contribution in [0.5, 0.6) is 0 Å². The molecule has 0 amide bonds. The molecule has 0 aliphatic carbocycles. The molecule has 0 heterocycles. The predicted molar refractivity (Wildman–Crippen MR) is 137 cm³/mol. The van der Waals surface area contributed by atoms with Crippen molar-refractivity contribution in [2.24, 2.45) is 10.3 Å². The van der Waals surface area contributed by atoms with Crippen LogP contribution in [-0.4, -0.2) is 38.2 Å². The van der Waals surface area contributed by atoms with Gasteiger partial charge in [-0.2, -0.15) is 0 Å². The number of benzene rings is 2. The van der Waals surface area contributed by atoms with Crippen LogP contribution in [0, 0.1) is 23.3 Å². The summed E-state index contributed by atoms with van der Waals surface area (Å²) in [5, 5.41) is 10.6. The van der Waals surface area contributed by atoms with Crippen LogP contribution in [0.2, 0.25) is 19.6 Å². The van der Waals surface area contributed by atoms with Gasteiger partial charge in [0, 0.05) is 28.8 Å². The SMILES string of the molecule is COC(=O)c1cc(C#C[Si](C)(C)C)ccc1C#Cc1ccc(N=NN(C(C)C)C(C)C)cc1. The van der Waals surface area contributed by atoms with Crippen molar-refractivity contribution >= 4 is 19.7 Å². The first-order chi connectivity index (χ1) is 15.5. The first kappa shape index (κ1) is 25.9. The monoisotopic (exact) mass is 459 g/mol. The van der Waals surface area contributed by atoms with Crippen LogP contribution in [0.25, 0.3) is 0 Å². The second-order valence-corrected chi connectivity index (χ2v) is 14.1. The lowest BCUT2D eigenvalue weighted by Gasteiger charge is -2.25. The number of carbonyl (C=O) groups is 1. The average molecular weight is 460 g/mol. The summed E-state index contributed by atoms with van der Waals surface area (Å²) in [7, 11) is -0.149. The molecule has 6 heteroatoms. The molecule has 0 atom stereocenters. The molecular weight excluding hydrogens is 426 g/mol. The third kappa shape index (κ3) is 8.25. The van der Waals surface area contributed by atoms with Crippen LogP contribution in [-0.2, 0) is 4.74 Å². The highest BCUT2D eigenvalue weighted by Crippen LogP contribution is 2.17. The van der Waals surface area contributed by atoms with E-state index in [1.54, 1.807) is 6.07 Å². The van der Waals surface area contributed by atoms with E-state index in [9.17, 15) is 4.79 Å². The highest BCUT2D eigenvalue weighted by Gasteiger charge is 2.13. The van der Waals surface area contributed by atoms with Crippen molar-refractivity contribution in [1.29, 1.82) is 0 Å². The Bertz CT molecular complexity index is 1110. The second kappa shape index (κ2) is 11.5. The van der Waals surface area contributed by atoms with Gasteiger partial charge in [0.2, 0.25) is 0 Å². The molecule has 0 radical (unpaired) electrons. The van der Waals surface area contributed by atoms with Crippen molar-refractivity contribution in [3.8, 4) is 23.3 Å². The first-order valence-electron chi connectivity index (χ1n) is 11.1. The van der Waals surface area contributed by atoms with Gasteiger partial charge < -0.3 is 4.74 Å². The summed E-state index contributed by atoms with van der Waals surface area (Å²) >= 11 is 0. The van der Waals surface area contributed by atoms with E-state index in [0.29, 0.717) is 11.1 Å². The van der Waals surface area contributed by atoms with E-state index in [1.165, 1.54) is 7.11 Å². The maximum atomic E-state index is 12.3. The number of carbonyl (C=O) groups excluding carboxylic acids is 1. The minimum absolute atomic E-state index is 0.274. The maximum Gasteiger partial charge on any atom is 0.339 e. The molecular formula is C27H33N3O2Si. The van der Waals surface area contributed by atoms with E-state index >= 15 is 0 Å². The third-order valence-corrected chi connectivity index (χ3v) is 5.41. The first-order valence-corrected chi connectivity index (χ1v) is 14.6. The van der Waals surface area contributed by atoms with Gasteiger partial charge in [-0.1, -0.05) is 42.6 Å². The molecule has 33 heavy (non-hydrogen) atoms. The summed E-state index contributed by atoms with van der Waals surface area (Å²) in [6, 6.07) is 13.5. The van der Waals surface area contributed by atoms with E-state index < -0.39 is 14.0 Å². The largest absolute Gasteiger partial charge is 0.465 e. The van der Waals surface area contributed by atoms with Gasteiger partial charge in [0.1, 0.15) is 8.07 Å². The second-order valence-electron chi connectivity index (χ2n) is 9.31. The van der Waals surface area contributed by atoms with Crippen molar-refractivity contribution in [2.75, 3.05) is 7.11 Å². The molecule has 0 aliphatic heterocycles. The molecule has 2 aromatic carbocycles. The van der Waals surface area contributed by atoms with Crippen molar-refractivity contribution in [3.05, 3.63) is 64.7 Å². The molecule has 0 bridgehead atoms. The summed E-state index contributed by atoms with van der Waals surface area (Å²) in [6.07, 6.45) is 0. The number of ether oxygens (including phenoxy) is 1. The lowest BCUT2D eigenvalue weighted by atomic mass is 10.0. The summed E-state index contributed by atoms with van der Waals surface area (Å²) in [6.45, 7) is 14.9. The number of esters is 1. The fraction of sp³-hybridized carbons (Fsp3) is 0.370. The smallest absolute Gasteiger partial charge is 0.339 e. The van der Waals surface area contributed by atoms with Gasteiger partial charge in [-0.05, 0) is 70.2 Å². The zero-order valence-electron chi connectivity index (χ0n) is 20.9. The molecule has 0 aromatic heterocycles. The van der Waals surface area contributed by atoms with E-state index in [2.05, 4.69) is 81.0 Å². The Morgan fingerprint density at radius 1 is 0.909 bits per heavy atom. The number of hydrogen-bond donors (Lipinski definition) is 0. The van der Waals surface area contributed by atoms with Crippen LogP contribution >= 0.6 is 0 Å². The molecule has 2 rings (SSSR count). The lowest BCUT2D eigenvalue weighted by Crippen LogP contribution is -2.31. The van der Waals surface area contributed by atoms with Crippen molar-refractivity contribution < 1.29 is 9.53 Å². The summed E-state index contributed by atoms with van der Waals surface area (Å²) in [5.41, 5.74) is 6.70. The zero-order valence-corrected chi connectivity index (χ0v) is 21.9. The van der Waals surface area contributed by atoms with Crippen molar-refractivity contribution in [2.45, 2.75) is 59.4 Å². The maximum absolute atomic E-state index is 12.3. The molecule has 0 spiro atoms. The van der Waals surface area contributed by atoms with Crippen LogP contribution in [0.4, 0.5) is 5.69 Å². The van der Waals surface area contributed by atoms with Gasteiger partial charge in [0.25, 0.3) is 0 Å². The van der Waals surface area contributed by atoms with E-state index in [4.69, 9.17) is 4.74 Å². The third-order valence-electron chi connectivity index (χ3n) is 4.54. The standard InChI is InChI=1S/C27H33N3O2Si/c1-20(2)30(21(3)4)29-28-25-15-11-22(12-16-25)9-13-24-14-10-23(17-18-33(6,7)8)19-26(24)27(31)32-5/h10-12,14-16,19-21H,1-8H3. The molecule has 0 N–H and O–H groups in total. The Kier molecular flexibility index (Phi) is 9.02. The molecule has 2 aromatic rings. The average Bonchev–Trinajstić information content (AvgIpc) is 2.76. The molecule has 172 valence electrons. The number of methoxy groups -OCH3 is 1. The van der Waals surface area contributed by atoms with E-state index in [0.717, 1.165) is 16.8 Å². The quantitative estimate of drug-likeness (QED) is 0.175. The fourth-order valence-corrected chi connectivity index (χ4v) is 3.45. The topological polar surface area (TPSA) is 54.3 Å². The minimum atomic E-state index is -1.52. The van der Waals surface area contributed by atoms with Crippen molar-refractivity contribution in [3.63, 3.8) is 0 Å². The molecule has 0 saturated heterocycles. The van der Waals surface area contributed by atoms with Crippen LogP contribution in [0.1, 0.15) is 54.7 Å². The van der Waals surface area contributed by atoms with Gasteiger partial charge in [0.15, 0.2) is 0 Å². The minimum Gasteiger partial charge on any atom is -0.465 e. The summed E-state index contributed by atoms with van der Waals surface area (Å²) in [5.74, 6) is 8.96. The van der Waals surface area contributed by atoms with Gasteiger partial charge >= 0.3 is 5.97 Å². The van der Waals surface area contributed by atoms with Gasteiger partial charge in [0.05, 0.1) is 18.4 Å². The van der Waals surface area contributed by atoms with Crippen LogP contribution in [0.15, 0.2) is 52.8 Å². The van der Waals surface area contributed by atoms with Crippen LogP contribution in [0.3, 0.4) is 0 Å². The Hall–Kier alpha value is -3.35. The highest BCUT2D eigenvalue weighted by molar-refractivity contribution is 6.83. The Labute approximate surface area is 199 Å². The predicted octanol–water partition coefficient (Wildman–Crippen LogP) is 6.22. The summed E-state index contributed by atoms with van der Waals surface area (Å²) in [4.78, 5) is 12.3. The number of rotatable bonds is 5. The molecule has 0 saturated carbocycles. The molecule has 5 nitrogen and oxygen atoms in total. The summed E-state index contributed by atoms with van der Waals surface area (Å²) < 4.78 is 4.95. The van der Waals surface area contributed by atoms with Gasteiger partial charge in [-0.25, -0.2) is 4.79 Å². The normalized spacial score (nSPS) is 11.1. The molecule has 0 unspecified atom stereocenters. The number of hydrogen-bond acceptors (Lipinski definition) is 4. The van der Waals surface area contributed by atoms with E-state index in [-0.39, 0.29) is 12.1 Å². The number of nitrogens with zero attached hydrogens (tertiary/aromatic N) is 3. The fourth-order valence-electron chi connectivity index (χ4n) is 2.93. The van der Waals surface area contributed by atoms with E-state index in [1.807, 2.05) is 41.4 Å². The lowest BCUT2D eigenvalue weighted by molar-refractivity contribution is 0.0600. The van der Waals surface area contributed by atoms with Crippen molar-refractivity contribution in [1.82, 2.24) is 5.01 Å². The Balaban J connectivity index is 2.28. The molecule has 0 aliphatic rings. The molecule has 0 fully saturated rings. The van der Waals surface area contributed by atoms with Gasteiger partial charge in [-0.3, -0.25) is 5.01 Å². The highest BCUT2D eigenvalue weighted by atomic mass is 28.3. The Morgan fingerprint density at radius 2 is 1.52 bits per heavy atom.